The van der Waals surface area contributed by atoms with E-state index in [2.05, 4.69) is 14.9 Å². The predicted octanol–water partition coefficient (Wildman–Crippen LogP) is 2.49. The summed E-state index contributed by atoms with van der Waals surface area (Å²) >= 11 is 6.06. The number of aryl methyl sites for hydroxylation is 2. The molecule has 1 aromatic heterocycles. The van der Waals surface area contributed by atoms with Crippen LogP contribution in [0.4, 0.5) is 0 Å². The number of nitrogens with one attached hydrogen (secondary N) is 1. The third-order valence-electron chi connectivity index (χ3n) is 3.93. The lowest BCUT2D eigenvalue weighted by atomic mass is 10.1. The van der Waals surface area contributed by atoms with Crippen molar-refractivity contribution in [2.45, 2.75) is 39.0 Å². The van der Waals surface area contributed by atoms with E-state index in [1.54, 1.807) is 0 Å². The minimum atomic E-state index is -0.0951. The Labute approximate surface area is 140 Å². The lowest BCUT2D eigenvalue weighted by molar-refractivity contribution is -0.127. The van der Waals surface area contributed by atoms with Gasteiger partial charge in [0, 0.05) is 30.2 Å². The van der Waals surface area contributed by atoms with E-state index in [1.165, 1.54) is 0 Å². The topological polar surface area (TPSA) is 56.2 Å². The number of amides is 1. The Bertz CT molecular complexity index is 699. The maximum atomic E-state index is 12.0. The number of ether oxygens (including phenoxy) is 1. The molecule has 0 unspecified atom stereocenters. The van der Waals surface area contributed by atoms with E-state index in [0.717, 1.165) is 36.5 Å². The van der Waals surface area contributed by atoms with E-state index in [9.17, 15) is 4.79 Å². The van der Waals surface area contributed by atoms with Crippen molar-refractivity contribution in [3.8, 4) is 0 Å². The van der Waals surface area contributed by atoms with Crippen molar-refractivity contribution < 1.29 is 9.53 Å². The second-order valence-corrected chi connectivity index (χ2v) is 6.25. The predicted molar refractivity (Wildman–Crippen MR) is 88.3 cm³/mol. The van der Waals surface area contributed by atoms with Crippen LogP contribution in [0, 0.1) is 6.92 Å². The van der Waals surface area contributed by atoms with E-state index in [0.29, 0.717) is 11.6 Å². The monoisotopic (exact) mass is 333 g/mol. The van der Waals surface area contributed by atoms with Crippen LogP contribution in [0.2, 0.25) is 5.02 Å². The lowest BCUT2D eigenvalue weighted by Crippen LogP contribution is -2.42. The van der Waals surface area contributed by atoms with Gasteiger partial charge in [-0.05, 0) is 25.0 Å². The number of benzene rings is 1. The van der Waals surface area contributed by atoms with Crippen LogP contribution in [-0.2, 0) is 29.1 Å². The van der Waals surface area contributed by atoms with Crippen LogP contribution < -0.4 is 5.32 Å². The molecule has 2 aromatic rings. The zero-order chi connectivity index (χ0) is 16.2. The highest BCUT2D eigenvalue weighted by Crippen LogP contribution is 2.16. The van der Waals surface area contributed by atoms with Gasteiger partial charge in [0.2, 0.25) is 5.91 Å². The van der Waals surface area contributed by atoms with Gasteiger partial charge in [0.05, 0.1) is 12.3 Å². The van der Waals surface area contributed by atoms with Crippen LogP contribution in [0.1, 0.15) is 23.5 Å². The number of hydrogen-bond donors (Lipinski definition) is 1. The van der Waals surface area contributed by atoms with E-state index in [-0.39, 0.29) is 18.6 Å². The van der Waals surface area contributed by atoms with Crippen molar-refractivity contribution in [1.29, 1.82) is 0 Å². The fraction of sp³-hybridized carbons (Fsp3) is 0.412. The van der Waals surface area contributed by atoms with Crippen molar-refractivity contribution in [3.05, 3.63) is 52.6 Å². The fourth-order valence-corrected chi connectivity index (χ4v) is 3.03. The van der Waals surface area contributed by atoms with Gasteiger partial charge < -0.3 is 14.6 Å². The van der Waals surface area contributed by atoms with Gasteiger partial charge in [-0.15, -0.1) is 0 Å². The second-order valence-electron chi connectivity index (χ2n) is 5.84. The first-order valence-electron chi connectivity index (χ1n) is 7.75. The molecule has 1 aliphatic rings. The molecule has 1 aromatic carbocycles. The number of imidazole rings is 1. The van der Waals surface area contributed by atoms with E-state index < -0.39 is 0 Å². The summed E-state index contributed by atoms with van der Waals surface area (Å²) in [6, 6.07) is 7.61. The molecule has 2 heterocycles. The molecule has 1 amide bonds. The van der Waals surface area contributed by atoms with Crippen molar-refractivity contribution in [2.24, 2.45) is 0 Å². The molecule has 0 saturated carbocycles. The zero-order valence-corrected chi connectivity index (χ0v) is 13.8. The number of halogens is 1. The molecule has 0 bridgehead atoms. The molecule has 0 saturated heterocycles. The smallest absolute Gasteiger partial charge is 0.246 e. The largest absolute Gasteiger partial charge is 0.367 e. The molecule has 5 nitrogen and oxygen atoms in total. The Morgan fingerprint density at radius 3 is 3.13 bits per heavy atom. The van der Waals surface area contributed by atoms with Crippen molar-refractivity contribution in [1.82, 2.24) is 14.9 Å². The number of carbonyl (C=O) groups is 1. The summed E-state index contributed by atoms with van der Waals surface area (Å²) in [5.74, 6) is 1.00. The van der Waals surface area contributed by atoms with Crippen LogP contribution in [0.25, 0.3) is 0 Å². The summed E-state index contributed by atoms with van der Waals surface area (Å²) in [7, 11) is 0. The van der Waals surface area contributed by atoms with Gasteiger partial charge in [0.25, 0.3) is 0 Å². The SMILES string of the molecule is Cc1cn2c(n1)CC[C@H](NC(=O)COCc1ccccc1Cl)C2. The van der Waals surface area contributed by atoms with Crippen molar-refractivity contribution in [2.75, 3.05) is 6.61 Å². The van der Waals surface area contributed by atoms with E-state index in [4.69, 9.17) is 16.3 Å². The first kappa shape index (κ1) is 16.0. The standard InChI is InChI=1S/C17H20ClN3O2/c1-12-8-21-9-14(6-7-16(21)19-12)20-17(22)11-23-10-13-4-2-3-5-15(13)18/h2-5,8,14H,6-7,9-11H2,1H3,(H,20,22)/t14-/m0/s1. The molecule has 0 aliphatic carbocycles. The number of nitrogens with zero attached hydrogens (tertiary/aromatic N) is 2. The number of fused-ring (bicyclic) bond motifs is 1. The zero-order valence-electron chi connectivity index (χ0n) is 13.1. The Kier molecular flexibility index (Phi) is 4.98. The average molecular weight is 334 g/mol. The maximum Gasteiger partial charge on any atom is 0.246 e. The highest BCUT2D eigenvalue weighted by atomic mass is 35.5. The summed E-state index contributed by atoms with van der Waals surface area (Å²) in [4.78, 5) is 16.5. The molecular formula is C17H20ClN3O2. The first-order valence-corrected chi connectivity index (χ1v) is 8.13. The van der Waals surface area contributed by atoms with Crippen LogP contribution >= 0.6 is 11.6 Å². The normalized spacial score (nSPS) is 16.9. The summed E-state index contributed by atoms with van der Waals surface area (Å²) in [5, 5.41) is 3.68. The summed E-state index contributed by atoms with van der Waals surface area (Å²) in [6.45, 7) is 3.13. The molecule has 0 fully saturated rings. The van der Waals surface area contributed by atoms with Crippen molar-refractivity contribution >= 4 is 17.5 Å². The molecule has 1 atom stereocenters. The Morgan fingerprint density at radius 1 is 1.48 bits per heavy atom. The van der Waals surface area contributed by atoms with Gasteiger partial charge >= 0.3 is 0 Å². The molecular weight excluding hydrogens is 314 g/mol. The summed E-state index contributed by atoms with van der Waals surface area (Å²) in [6.07, 6.45) is 3.83. The van der Waals surface area contributed by atoms with Gasteiger partial charge in [0.1, 0.15) is 12.4 Å². The molecule has 0 spiro atoms. The van der Waals surface area contributed by atoms with Crippen molar-refractivity contribution in [3.63, 3.8) is 0 Å². The molecule has 6 heteroatoms. The quantitative estimate of drug-likeness (QED) is 0.914. The van der Waals surface area contributed by atoms with Crippen LogP contribution in [0.3, 0.4) is 0 Å². The van der Waals surface area contributed by atoms with Crippen LogP contribution in [0.15, 0.2) is 30.5 Å². The molecule has 1 N–H and O–H groups in total. The number of carbonyl (C=O) groups excluding carboxylic acids is 1. The average Bonchev–Trinajstić information content (AvgIpc) is 2.88. The minimum Gasteiger partial charge on any atom is -0.367 e. The number of rotatable bonds is 5. The van der Waals surface area contributed by atoms with E-state index >= 15 is 0 Å². The second kappa shape index (κ2) is 7.15. The fourth-order valence-electron chi connectivity index (χ4n) is 2.84. The Morgan fingerprint density at radius 2 is 2.30 bits per heavy atom. The molecule has 3 rings (SSSR count). The molecule has 0 radical (unpaired) electrons. The van der Waals surface area contributed by atoms with Gasteiger partial charge in [-0.25, -0.2) is 4.98 Å². The Balaban J connectivity index is 1.44. The first-order chi connectivity index (χ1) is 11.1. The van der Waals surface area contributed by atoms with E-state index in [1.807, 2.05) is 37.4 Å². The highest BCUT2D eigenvalue weighted by molar-refractivity contribution is 6.31. The molecule has 1 aliphatic heterocycles. The van der Waals surface area contributed by atoms with Gasteiger partial charge in [-0.1, -0.05) is 29.8 Å². The van der Waals surface area contributed by atoms with Gasteiger partial charge in [-0.2, -0.15) is 0 Å². The molecule has 122 valence electrons. The lowest BCUT2D eigenvalue weighted by Gasteiger charge is -2.24. The van der Waals surface area contributed by atoms with Gasteiger partial charge in [0.15, 0.2) is 0 Å². The molecule has 23 heavy (non-hydrogen) atoms. The minimum absolute atomic E-state index is 0.0392. The highest BCUT2D eigenvalue weighted by Gasteiger charge is 2.21. The Hall–Kier alpha value is -1.85. The third-order valence-corrected chi connectivity index (χ3v) is 4.30. The van der Waals surface area contributed by atoms with Crippen LogP contribution in [0.5, 0.6) is 0 Å². The third kappa shape index (κ3) is 4.12. The maximum absolute atomic E-state index is 12.0. The summed E-state index contributed by atoms with van der Waals surface area (Å²) < 4.78 is 7.58. The number of hydrogen-bond acceptors (Lipinski definition) is 3. The summed E-state index contributed by atoms with van der Waals surface area (Å²) in [5.41, 5.74) is 1.91. The number of aromatic nitrogens is 2. The van der Waals surface area contributed by atoms with Crippen LogP contribution in [-0.4, -0.2) is 28.1 Å². The van der Waals surface area contributed by atoms with Gasteiger partial charge in [-0.3, -0.25) is 4.79 Å².